The summed E-state index contributed by atoms with van der Waals surface area (Å²) < 4.78 is 12.7. The number of hydrogen-bond acceptors (Lipinski definition) is 4. The SMILES string of the molecule is CCOc1ccc(C2CC2C(=O)NCc2cn(-c3ccccc3)nc2-c2ccc(OC)cc2)cc1. The smallest absolute Gasteiger partial charge is 0.224 e. The molecular formula is C29H29N3O3. The lowest BCUT2D eigenvalue weighted by atomic mass is 10.1. The van der Waals surface area contributed by atoms with E-state index in [1.807, 2.05) is 84.5 Å². The topological polar surface area (TPSA) is 65.4 Å². The van der Waals surface area contributed by atoms with Gasteiger partial charge in [0, 0.05) is 29.8 Å². The molecule has 0 radical (unpaired) electrons. The maximum Gasteiger partial charge on any atom is 0.224 e. The van der Waals surface area contributed by atoms with Crippen LogP contribution in [0.25, 0.3) is 16.9 Å². The van der Waals surface area contributed by atoms with E-state index in [9.17, 15) is 4.79 Å². The van der Waals surface area contributed by atoms with Gasteiger partial charge in [-0.1, -0.05) is 30.3 Å². The van der Waals surface area contributed by atoms with Gasteiger partial charge in [-0.05, 0) is 73.4 Å². The van der Waals surface area contributed by atoms with E-state index in [2.05, 4.69) is 17.4 Å². The average Bonchev–Trinajstić information content (AvgIpc) is 3.60. The van der Waals surface area contributed by atoms with E-state index in [1.54, 1.807) is 7.11 Å². The summed E-state index contributed by atoms with van der Waals surface area (Å²) in [6.07, 6.45) is 2.86. The second kappa shape index (κ2) is 10.1. The van der Waals surface area contributed by atoms with Gasteiger partial charge >= 0.3 is 0 Å². The van der Waals surface area contributed by atoms with Crippen LogP contribution >= 0.6 is 0 Å². The molecule has 5 rings (SSSR count). The monoisotopic (exact) mass is 467 g/mol. The Bertz CT molecular complexity index is 1280. The summed E-state index contributed by atoms with van der Waals surface area (Å²) in [6, 6.07) is 25.9. The van der Waals surface area contributed by atoms with Crippen molar-refractivity contribution in [1.82, 2.24) is 15.1 Å². The van der Waals surface area contributed by atoms with Crippen LogP contribution in [0.2, 0.25) is 0 Å². The lowest BCUT2D eigenvalue weighted by molar-refractivity contribution is -0.122. The molecule has 1 N–H and O–H groups in total. The Kier molecular flexibility index (Phi) is 6.53. The molecule has 1 heterocycles. The highest BCUT2D eigenvalue weighted by atomic mass is 16.5. The first-order valence-corrected chi connectivity index (χ1v) is 11.9. The van der Waals surface area contributed by atoms with Gasteiger partial charge in [-0.15, -0.1) is 0 Å². The van der Waals surface area contributed by atoms with Gasteiger partial charge in [0.2, 0.25) is 5.91 Å². The minimum Gasteiger partial charge on any atom is -0.497 e. The number of ether oxygens (including phenoxy) is 2. The second-order valence-electron chi connectivity index (χ2n) is 8.68. The molecule has 0 aliphatic heterocycles. The normalized spacial score (nSPS) is 16.5. The second-order valence-corrected chi connectivity index (χ2v) is 8.68. The first kappa shape index (κ1) is 22.7. The molecule has 4 aromatic rings. The summed E-state index contributed by atoms with van der Waals surface area (Å²) in [7, 11) is 1.65. The van der Waals surface area contributed by atoms with Crippen molar-refractivity contribution in [1.29, 1.82) is 0 Å². The standard InChI is InChI=1S/C29H29N3O3/c1-3-35-25-15-9-20(10-16-25)26-17-27(26)29(33)30-18-22-19-32(23-7-5-4-6-8-23)31-28(22)21-11-13-24(34-2)14-12-21/h4-16,19,26-27H,3,17-18H2,1-2H3,(H,30,33). The summed E-state index contributed by atoms with van der Waals surface area (Å²) in [5.41, 5.74) is 4.94. The molecule has 2 unspecified atom stereocenters. The maximum atomic E-state index is 13.0. The number of benzene rings is 3. The largest absolute Gasteiger partial charge is 0.497 e. The number of nitrogens with one attached hydrogen (secondary N) is 1. The molecule has 6 nitrogen and oxygen atoms in total. The molecule has 35 heavy (non-hydrogen) atoms. The quantitative estimate of drug-likeness (QED) is 0.360. The zero-order valence-electron chi connectivity index (χ0n) is 20.0. The molecule has 1 fully saturated rings. The van der Waals surface area contributed by atoms with Crippen LogP contribution < -0.4 is 14.8 Å². The number of nitrogens with zero attached hydrogens (tertiary/aromatic N) is 2. The number of para-hydroxylation sites is 1. The molecule has 2 atom stereocenters. The zero-order valence-corrected chi connectivity index (χ0v) is 20.0. The van der Waals surface area contributed by atoms with Gasteiger partial charge in [-0.2, -0.15) is 5.10 Å². The van der Waals surface area contributed by atoms with Crippen LogP contribution in [0, 0.1) is 5.92 Å². The lowest BCUT2D eigenvalue weighted by Gasteiger charge is -2.07. The summed E-state index contributed by atoms with van der Waals surface area (Å²) in [6.45, 7) is 3.03. The molecule has 0 saturated heterocycles. The first-order valence-electron chi connectivity index (χ1n) is 11.9. The number of methoxy groups -OCH3 is 1. The van der Waals surface area contributed by atoms with Gasteiger partial charge in [0.05, 0.1) is 25.1 Å². The van der Waals surface area contributed by atoms with E-state index in [1.165, 1.54) is 5.56 Å². The number of aromatic nitrogens is 2. The van der Waals surface area contributed by atoms with Crippen LogP contribution in [0.1, 0.15) is 30.4 Å². The predicted molar refractivity (Wildman–Crippen MR) is 136 cm³/mol. The highest BCUT2D eigenvalue weighted by molar-refractivity contribution is 5.83. The Morgan fingerprint density at radius 2 is 1.71 bits per heavy atom. The third-order valence-electron chi connectivity index (χ3n) is 6.37. The van der Waals surface area contributed by atoms with Crippen LogP contribution in [0.3, 0.4) is 0 Å². The number of rotatable bonds is 9. The van der Waals surface area contributed by atoms with Crippen molar-refractivity contribution < 1.29 is 14.3 Å². The van der Waals surface area contributed by atoms with Crippen LogP contribution in [0.4, 0.5) is 0 Å². The fourth-order valence-corrected chi connectivity index (χ4v) is 4.39. The summed E-state index contributed by atoms with van der Waals surface area (Å²) in [5.74, 6) is 2.00. The number of carbonyl (C=O) groups is 1. The van der Waals surface area contributed by atoms with E-state index in [-0.39, 0.29) is 17.7 Å². The maximum absolute atomic E-state index is 13.0. The van der Waals surface area contributed by atoms with Crippen LogP contribution in [0.5, 0.6) is 11.5 Å². The number of hydrogen-bond donors (Lipinski definition) is 1. The minimum absolute atomic E-state index is 0.00143. The molecule has 0 spiro atoms. The van der Waals surface area contributed by atoms with Crippen molar-refractivity contribution in [2.24, 2.45) is 5.92 Å². The molecule has 178 valence electrons. The molecule has 3 aromatic carbocycles. The summed E-state index contributed by atoms with van der Waals surface area (Å²) in [4.78, 5) is 13.0. The predicted octanol–water partition coefficient (Wildman–Crippen LogP) is 5.37. The third-order valence-corrected chi connectivity index (χ3v) is 6.37. The van der Waals surface area contributed by atoms with Gasteiger partial charge in [0.15, 0.2) is 0 Å². The third kappa shape index (κ3) is 5.06. The molecule has 0 bridgehead atoms. The summed E-state index contributed by atoms with van der Waals surface area (Å²) >= 11 is 0. The summed E-state index contributed by atoms with van der Waals surface area (Å²) in [5, 5.41) is 7.99. The number of carbonyl (C=O) groups excluding carboxylic acids is 1. The molecule has 6 heteroatoms. The minimum atomic E-state index is 0.00143. The van der Waals surface area contributed by atoms with Crippen molar-refractivity contribution in [3.63, 3.8) is 0 Å². The lowest BCUT2D eigenvalue weighted by Crippen LogP contribution is -2.25. The Hall–Kier alpha value is -4.06. The van der Waals surface area contributed by atoms with Crippen molar-refractivity contribution in [2.45, 2.75) is 25.8 Å². The van der Waals surface area contributed by atoms with E-state index < -0.39 is 0 Å². The van der Waals surface area contributed by atoms with Gasteiger partial charge in [-0.25, -0.2) is 4.68 Å². The highest BCUT2D eigenvalue weighted by Crippen LogP contribution is 2.47. The molecule has 1 amide bonds. The molecule has 1 aromatic heterocycles. The van der Waals surface area contributed by atoms with Crippen molar-refractivity contribution in [3.05, 3.63) is 96.2 Å². The van der Waals surface area contributed by atoms with Crippen LogP contribution in [-0.2, 0) is 11.3 Å². The van der Waals surface area contributed by atoms with Gasteiger partial charge in [0.1, 0.15) is 11.5 Å². The number of amides is 1. The van der Waals surface area contributed by atoms with Gasteiger partial charge < -0.3 is 14.8 Å². The Labute approximate surface area is 205 Å². The van der Waals surface area contributed by atoms with Crippen LogP contribution in [0.15, 0.2) is 85.1 Å². The van der Waals surface area contributed by atoms with Crippen LogP contribution in [-0.4, -0.2) is 29.4 Å². The fraction of sp³-hybridized carbons (Fsp3) is 0.241. The van der Waals surface area contributed by atoms with Gasteiger partial charge in [-0.3, -0.25) is 4.79 Å². The van der Waals surface area contributed by atoms with E-state index in [4.69, 9.17) is 14.6 Å². The fourth-order valence-electron chi connectivity index (χ4n) is 4.39. The molecule has 1 saturated carbocycles. The van der Waals surface area contributed by atoms with Crippen molar-refractivity contribution in [2.75, 3.05) is 13.7 Å². The molecule has 1 aliphatic rings. The van der Waals surface area contributed by atoms with Gasteiger partial charge in [0.25, 0.3) is 0 Å². The highest BCUT2D eigenvalue weighted by Gasteiger charge is 2.43. The van der Waals surface area contributed by atoms with E-state index >= 15 is 0 Å². The van der Waals surface area contributed by atoms with Crippen molar-refractivity contribution in [3.8, 4) is 28.4 Å². The Morgan fingerprint density at radius 3 is 2.40 bits per heavy atom. The first-order chi connectivity index (χ1) is 17.2. The zero-order chi connectivity index (χ0) is 24.2. The van der Waals surface area contributed by atoms with E-state index in [0.717, 1.165) is 40.4 Å². The van der Waals surface area contributed by atoms with E-state index in [0.29, 0.717) is 13.2 Å². The van der Waals surface area contributed by atoms with Crippen molar-refractivity contribution >= 4 is 5.91 Å². The molecule has 1 aliphatic carbocycles. The molecular weight excluding hydrogens is 438 g/mol. The average molecular weight is 468 g/mol. The Balaban J connectivity index is 1.31. The Morgan fingerprint density at radius 1 is 1.00 bits per heavy atom.